The molecule has 0 aliphatic heterocycles. The Morgan fingerprint density at radius 2 is 2.30 bits per heavy atom. The van der Waals surface area contributed by atoms with E-state index in [0.717, 1.165) is 6.54 Å². The number of fused-ring (bicyclic) bond motifs is 1. The van der Waals surface area contributed by atoms with Crippen LogP contribution in [0, 0.1) is 10.1 Å². The smallest absolute Gasteiger partial charge is 0.365 e. The van der Waals surface area contributed by atoms with E-state index in [-0.39, 0.29) is 5.82 Å². The Morgan fingerprint density at radius 1 is 1.40 bits per heavy atom. The minimum Gasteiger partial charge on any atom is -0.365 e. The van der Waals surface area contributed by atoms with Crippen molar-refractivity contribution in [3.63, 3.8) is 0 Å². The molecule has 0 aliphatic carbocycles. The number of rotatable bonds is 5. The SMILES string of the molecule is O=[N+]([O-])c1cnc2ccc(NCCn3ccnc3)nn12. The first-order chi connectivity index (χ1) is 9.74. The van der Waals surface area contributed by atoms with Crippen LogP contribution in [0.4, 0.5) is 11.6 Å². The number of anilines is 1. The number of nitrogens with one attached hydrogen (secondary N) is 1. The Labute approximate surface area is 113 Å². The van der Waals surface area contributed by atoms with E-state index in [9.17, 15) is 10.1 Å². The lowest BCUT2D eigenvalue weighted by Crippen LogP contribution is -2.11. The van der Waals surface area contributed by atoms with E-state index in [2.05, 4.69) is 20.4 Å². The van der Waals surface area contributed by atoms with Gasteiger partial charge in [-0.2, -0.15) is 0 Å². The molecular weight excluding hydrogens is 262 g/mol. The molecule has 0 bridgehead atoms. The predicted octanol–water partition coefficient (Wildman–Crippen LogP) is 0.946. The summed E-state index contributed by atoms with van der Waals surface area (Å²) in [6, 6.07) is 3.42. The number of aromatic nitrogens is 5. The second-order valence-corrected chi connectivity index (χ2v) is 4.09. The summed E-state index contributed by atoms with van der Waals surface area (Å²) in [6.45, 7) is 1.36. The van der Waals surface area contributed by atoms with Crippen LogP contribution >= 0.6 is 0 Å². The van der Waals surface area contributed by atoms with Crippen molar-refractivity contribution in [1.29, 1.82) is 0 Å². The zero-order valence-corrected chi connectivity index (χ0v) is 10.4. The molecule has 9 heteroatoms. The van der Waals surface area contributed by atoms with Gasteiger partial charge >= 0.3 is 5.82 Å². The highest BCUT2D eigenvalue weighted by Gasteiger charge is 2.15. The van der Waals surface area contributed by atoms with E-state index < -0.39 is 4.92 Å². The van der Waals surface area contributed by atoms with E-state index in [1.165, 1.54) is 10.7 Å². The van der Waals surface area contributed by atoms with Gasteiger partial charge < -0.3 is 20.0 Å². The maximum atomic E-state index is 10.8. The molecule has 0 saturated heterocycles. The summed E-state index contributed by atoms with van der Waals surface area (Å²) in [5, 5.41) is 18.1. The van der Waals surface area contributed by atoms with Crippen LogP contribution < -0.4 is 5.32 Å². The van der Waals surface area contributed by atoms with Gasteiger partial charge in [0.2, 0.25) is 5.65 Å². The van der Waals surface area contributed by atoms with Gasteiger partial charge in [-0.05, 0) is 11.0 Å². The van der Waals surface area contributed by atoms with Crippen LogP contribution in [-0.4, -0.2) is 35.6 Å². The van der Waals surface area contributed by atoms with Crippen LogP contribution in [0.5, 0.6) is 0 Å². The van der Waals surface area contributed by atoms with Crippen molar-refractivity contribution >= 4 is 17.3 Å². The van der Waals surface area contributed by atoms with Gasteiger partial charge in [0, 0.05) is 31.5 Å². The van der Waals surface area contributed by atoms with E-state index >= 15 is 0 Å². The topological polar surface area (TPSA) is 103 Å². The molecule has 20 heavy (non-hydrogen) atoms. The third-order valence-electron chi connectivity index (χ3n) is 2.77. The molecule has 0 atom stereocenters. The number of imidazole rings is 2. The number of nitrogens with zero attached hydrogens (tertiary/aromatic N) is 6. The van der Waals surface area contributed by atoms with Crippen LogP contribution in [-0.2, 0) is 6.54 Å². The summed E-state index contributed by atoms with van der Waals surface area (Å²) in [5.74, 6) is 0.400. The fourth-order valence-corrected chi connectivity index (χ4v) is 1.81. The molecule has 9 nitrogen and oxygen atoms in total. The second-order valence-electron chi connectivity index (χ2n) is 4.09. The molecule has 3 aromatic rings. The van der Waals surface area contributed by atoms with Gasteiger partial charge in [-0.25, -0.2) is 9.97 Å². The normalized spacial score (nSPS) is 10.8. The Hall–Kier alpha value is -2.97. The lowest BCUT2D eigenvalue weighted by molar-refractivity contribution is -0.391. The Balaban J connectivity index is 1.75. The van der Waals surface area contributed by atoms with Crippen LogP contribution in [0.1, 0.15) is 0 Å². The van der Waals surface area contributed by atoms with E-state index in [0.29, 0.717) is 18.0 Å². The third kappa shape index (κ3) is 2.28. The van der Waals surface area contributed by atoms with Crippen molar-refractivity contribution in [2.24, 2.45) is 0 Å². The third-order valence-corrected chi connectivity index (χ3v) is 2.77. The molecule has 0 saturated carbocycles. The minimum absolute atomic E-state index is 0.154. The van der Waals surface area contributed by atoms with Gasteiger partial charge in [0.25, 0.3) is 0 Å². The molecule has 0 aromatic carbocycles. The quantitative estimate of drug-likeness (QED) is 0.548. The lowest BCUT2D eigenvalue weighted by atomic mass is 10.5. The summed E-state index contributed by atoms with van der Waals surface area (Å²) < 4.78 is 3.13. The Bertz CT molecular complexity index is 734. The maximum absolute atomic E-state index is 10.8. The Kier molecular flexibility index (Phi) is 2.99. The molecule has 102 valence electrons. The Morgan fingerprint density at radius 3 is 3.05 bits per heavy atom. The fourth-order valence-electron chi connectivity index (χ4n) is 1.81. The predicted molar refractivity (Wildman–Crippen MR) is 70.4 cm³/mol. The van der Waals surface area contributed by atoms with Gasteiger partial charge in [-0.15, -0.1) is 0 Å². The van der Waals surface area contributed by atoms with E-state index in [4.69, 9.17) is 0 Å². The largest absolute Gasteiger partial charge is 0.368 e. The van der Waals surface area contributed by atoms with Crippen LogP contribution in [0.15, 0.2) is 37.1 Å². The highest BCUT2D eigenvalue weighted by molar-refractivity contribution is 5.48. The average Bonchev–Trinajstić information content (AvgIpc) is 3.06. The standard InChI is InChI=1S/C11H11N7O2/c19-18(20)11-7-14-10-2-1-9(15-17(10)11)13-4-6-16-5-3-12-8-16/h1-3,5,7-8H,4,6H2,(H,13,15). The van der Waals surface area contributed by atoms with E-state index in [1.807, 2.05) is 10.8 Å². The first-order valence-electron chi connectivity index (χ1n) is 5.93. The second kappa shape index (κ2) is 4.96. The molecule has 0 unspecified atom stereocenters. The zero-order valence-electron chi connectivity index (χ0n) is 10.4. The molecular formula is C11H11N7O2. The van der Waals surface area contributed by atoms with Crippen molar-refractivity contribution in [3.8, 4) is 0 Å². The summed E-state index contributed by atoms with van der Waals surface area (Å²) in [6.07, 6.45) is 6.48. The van der Waals surface area contributed by atoms with Crippen molar-refractivity contribution in [2.75, 3.05) is 11.9 Å². The summed E-state index contributed by atoms with van der Waals surface area (Å²) in [4.78, 5) is 18.2. The first kappa shape index (κ1) is 12.1. The number of hydrogen-bond donors (Lipinski definition) is 1. The summed E-state index contributed by atoms with van der Waals surface area (Å²) in [7, 11) is 0. The summed E-state index contributed by atoms with van der Waals surface area (Å²) >= 11 is 0. The van der Waals surface area contributed by atoms with Crippen LogP contribution in [0.25, 0.3) is 5.65 Å². The number of nitro groups is 1. The molecule has 0 aliphatic rings. The molecule has 1 N–H and O–H groups in total. The van der Waals surface area contributed by atoms with Crippen LogP contribution in [0.3, 0.4) is 0 Å². The fraction of sp³-hybridized carbons (Fsp3) is 0.182. The molecule has 0 spiro atoms. The molecule has 3 aromatic heterocycles. The molecule has 0 amide bonds. The zero-order chi connectivity index (χ0) is 13.9. The van der Waals surface area contributed by atoms with Crippen molar-refractivity contribution in [3.05, 3.63) is 47.2 Å². The molecule has 3 rings (SSSR count). The van der Waals surface area contributed by atoms with E-state index in [1.54, 1.807) is 24.7 Å². The van der Waals surface area contributed by atoms with Crippen molar-refractivity contribution in [1.82, 2.24) is 24.1 Å². The lowest BCUT2D eigenvalue weighted by Gasteiger charge is -2.04. The highest BCUT2D eigenvalue weighted by atomic mass is 16.6. The van der Waals surface area contributed by atoms with Gasteiger partial charge in [-0.1, -0.05) is 9.61 Å². The van der Waals surface area contributed by atoms with Gasteiger partial charge in [0.05, 0.1) is 6.33 Å². The molecule has 3 heterocycles. The van der Waals surface area contributed by atoms with Crippen molar-refractivity contribution in [2.45, 2.75) is 6.54 Å². The molecule has 0 radical (unpaired) electrons. The van der Waals surface area contributed by atoms with Gasteiger partial charge in [0.1, 0.15) is 6.20 Å². The first-order valence-corrected chi connectivity index (χ1v) is 5.93. The number of hydrogen-bond acceptors (Lipinski definition) is 6. The highest BCUT2D eigenvalue weighted by Crippen LogP contribution is 2.14. The van der Waals surface area contributed by atoms with Gasteiger partial charge in [-0.3, -0.25) is 0 Å². The van der Waals surface area contributed by atoms with Gasteiger partial charge in [0.15, 0.2) is 5.82 Å². The van der Waals surface area contributed by atoms with Crippen LogP contribution in [0.2, 0.25) is 0 Å². The molecule has 0 fully saturated rings. The van der Waals surface area contributed by atoms with Crippen molar-refractivity contribution < 1.29 is 4.92 Å². The maximum Gasteiger partial charge on any atom is 0.368 e. The minimum atomic E-state index is -0.512. The summed E-state index contributed by atoms with van der Waals surface area (Å²) in [5.41, 5.74) is 0.442. The monoisotopic (exact) mass is 273 g/mol. The average molecular weight is 273 g/mol.